The Morgan fingerprint density at radius 3 is 1.52 bits per heavy atom. The van der Waals surface area contributed by atoms with Crippen LogP contribution in [0.2, 0.25) is 0 Å². The molecule has 0 rings (SSSR count). The van der Waals surface area contributed by atoms with Gasteiger partial charge in [-0.25, -0.2) is 9.59 Å². The summed E-state index contributed by atoms with van der Waals surface area (Å²) in [6, 6.07) is 0. The molecule has 0 aromatic heterocycles. The standard InChI is InChI=1S/C7H12O3S.C6H10O3S/c1-2-4-11-5-3-6(8)7(9)10;1-2-10-4-3-5(7)6(8)9/h2-5H2,1H3,(H,9,10);2-4H2,1H3,(H,8,9). The van der Waals surface area contributed by atoms with E-state index in [1.54, 1.807) is 23.5 Å². The number of hydrogen-bond donors (Lipinski definition) is 2. The van der Waals surface area contributed by atoms with E-state index in [2.05, 4.69) is 0 Å². The van der Waals surface area contributed by atoms with Gasteiger partial charge in [0.15, 0.2) is 0 Å². The predicted octanol–water partition coefficient (Wildman–Crippen LogP) is 1.96. The van der Waals surface area contributed by atoms with Crippen molar-refractivity contribution in [3.05, 3.63) is 0 Å². The Morgan fingerprint density at radius 1 is 0.762 bits per heavy atom. The highest BCUT2D eigenvalue weighted by Gasteiger charge is 2.10. The molecule has 0 amide bonds. The number of hydrogen-bond acceptors (Lipinski definition) is 6. The Morgan fingerprint density at radius 2 is 1.19 bits per heavy atom. The fourth-order valence-corrected chi connectivity index (χ4v) is 2.38. The minimum atomic E-state index is -1.32. The molecule has 0 saturated heterocycles. The third-order valence-corrected chi connectivity index (χ3v) is 4.07. The van der Waals surface area contributed by atoms with E-state index in [4.69, 9.17) is 10.2 Å². The van der Waals surface area contributed by atoms with E-state index < -0.39 is 23.5 Å². The first kappa shape index (κ1) is 22.3. The summed E-state index contributed by atoms with van der Waals surface area (Å²) in [5, 5.41) is 16.3. The van der Waals surface area contributed by atoms with Gasteiger partial charge in [-0.05, 0) is 17.9 Å². The van der Waals surface area contributed by atoms with E-state index >= 15 is 0 Å². The number of ketones is 2. The first-order chi connectivity index (χ1) is 9.86. The molecule has 122 valence electrons. The summed E-state index contributed by atoms with van der Waals surface area (Å²) in [6.07, 6.45) is 1.36. The zero-order valence-corrected chi connectivity index (χ0v) is 13.9. The largest absolute Gasteiger partial charge is 0.476 e. The molecule has 0 aliphatic heterocycles. The number of carboxylic acid groups (broad SMARTS) is 2. The molecular formula is C13H22O6S2. The van der Waals surface area contributed by atoms with Crippen molar-refractivity contribution in [2.45, 2.75) is 33.1 Å². The average molecular weight is 338 g/mol. The van der Waals surface area contributed by atoms with E-state index in [-0.39, 0.29) is 12.8 Å². The number of carboxylic acids is 2. The number of carbonyl (C=O) groups excluding carboxylic acids is 2. The molecule has 0 atom stereocenters. The van der Waals surface area contributed by atoms with Crippen molar-refractivity contribution in [1.29, 1.82) is 0 Å². The lowest BCUT2D eigenvalue weighted by atomic mass is 10.3. The Balaban J connectivity index is 0. The van der Waals surface area contributed by atoms with Gasteiger partial charge in [0.05, 0.1) is 0 Å². The normalized spacial score (nSPS) is 9.43. The lowest BCUT2D eigenvalue weighted by molar-refractivity contribution is -0.148. The highest BCUT2D eigenvalue weighted by Crippen LogP contribution is 2.04. The van der Waals surface area contributed by atoms with Gasteiger partial charge in [0.2, 0.25) is 11.6 Å². The fraction of sp³-hybridized carbons (Fsp3) is 0.692. The van der Waals surface area contributed by atoms with Crippen molar-refractivity contribution in [3.63, 3.8) is 0 Å². The van der Waals surface area contributed by atoms with E-state index in [0.717, 1.165) is 17.9 Å². The fourth-order valence-electron chi connectivity index (χ4n) is 0.934. The number of thioether (sulfide) groups is 2. The van der Waals surface area contributed by atoms with Gasteiger partial charge in [0.25, 0.3) is 0 Å². The van der Waals surface area contributed by atoms with Crippen LogP contribution < -0.4 is 0 Å². The summed E-state index contributed by atoms with van der Waals surface area (Å²) < 4.78 is 0. The topological polar surface area (TPSA) is 109 Å². The molecule has 8 heteroatoms. The highest BCUT2D eigenvalue weighted by atomic mass is 32.2. The number of carbonyl (C=O) groups is 4. The van der Waals surface area contributed by atoms with Crippen molar-refractivity contribution in [3.8, 4) is 0 Å². The van der Waals surface area contributed by atoms with Crippen molar-refractivity contribution < 1.29 is 29.4 Å². The van der Waals surface area contributed by atoms with Gasteiger partial charge in [-0.1, -0.05) is 13.8 Å². The van der Waals surface area contributed by atoms with Crippen LogP contribution in [0.5, 0.6) is 0 Å². The predicted molar refractivity (Wildman–Crippen MR) is 85.1 cm³/mol. The molecule has 0 aliphatic rings. The molecule has 0 aliphatic carbocycles. The maximum Gasteiger partial charge on any atom is 0.372 e. The van der Waals surface area contributed by atoms with Crippen LogP contribution in [0.15, 0.2) is 0 Å². The van der Waals surface area contributed by atoms with Crippen LogP contribution in [0.1, 0.15) is 33.1 Å². The third-order valence-electron chi connectivity index (χ3n) is 1.98. The molecule has 0 radical (unpaired) electrons. The van der Waals surface area contributed by atoms with Crippen LogP contribution in [0, 0.1) is 0 Å². The summed E-state index contributed by atoms with van der Waals surface area (Å²) >= 11 is 3.18. The second kappa shape index (κ2) is 15.4. The summed E-state index contributed by atoms with van der Waals surface area (Å²) in [4.78, 5) is 40.8. The molecule has 21 heavy (non-hydrogen) atoms. The molecule has 0 heterocycles. The lowest BCUT2D eigenvalue weighted by Crippen LogP contribution is -2.12. The highest BCUT2D eigenvalue weighted by molar-refractivity contribution is 7.99. The van der Waals surface area contributed by atoms with Crippen LogP contribution in [0.4, 0.5) is 0 Å². The number of rotatable bonds is 11. The Hall–Kier alpha value is -1.02. The molecule has 6 nitrogen and oxygen atoms in total. The Labute approximate surface area is 133 Å². The number of Topliss-reactive ketones (excluding diaryl/α,β-unsaturated/α-hetero) is 2. The zero-order valence-electron chi connectivity index (χ0n) is 12.3. The molecule has 0 saturated carbocycles. The average Bonchev–Trinajstić information content (AvgIpc) is 2.44. The van der Waals surface area contributed by atoms with E-state index in [1.165, 1.54) is 0 Å². The van der Waals surface area contributed by atoms with Crippen LogP contribution in [0.25, 0.3) is 0 Å². The van der Waals surface area contributed by atoms with Crippen molar-refractivity contribution in [2.75, 3.05) is 23.0 Å². The third kappa shape index (κ3) is 16.9. The monoisotopic (exact) mass is 338 g/mol. The van der Waals surface area contributed by atoms with Gasteiger partial charge < -0.3 is 10.2 Å². The summed E-state index contributed by atoms with van der Waals surface area (Å²) in [7, 11) is 0. The first-order valence-corrected chi connectivity index (χ1v) is 8.85. The van der Waals surface area contributed by atoms with Crippen LogP contribution >= 0.6 is 23.5 Å². The van der Waals surface area contributed by atoms with E-state index in [9.17, 15) is 19.2 Å². The molecule has 0 spiro atoms. The quantitative estimate of drug-likeness (QED) is 0.435. The molecule has 0 aromatic rings. The molecule has 0 unspecified atom stereocenters. The van der Waals surface area contributed by atoms with Gasteiger partial charge in [-0.2, -0.15) is 23.5 Å². The van der Waals surface area contributed by atoms with Crippen LogP contribution in [-0.2, 0) is 19.2 Å². The van der Waals surface area contributed by atoms with Crippen molar-refractivity contribution in [2.24, 2.45) is 0 Å². The van der Waals surface area contributed by atoms with Crippen molar-refractivity contribution in [1.82, 2.24) is 0 Å². The smallest absolute Gasteiger partial charge is 0.372 e. The number of aliphatic carboxylic acids is 2. The van der Waals surface area contributed by atoms with Crippen LogP contribution in [-0.4, -0.2) is 56.7 Å². The summed E-state index contributed by atoms with van der Waals surface area (Å²) in [5.74, 6) is -0.867. The first-order valence-electron chi connectivity index (χ1n) is 6.54. The second-order valence-corrected chi connectivity index (χ2v) is 6.38. The van der Waals surface area contributed by atoms with Gasteiger partial charge in [-0.3, -0.25) is 9.59 Å². The Bertz CT molecular complexity index is 344. The minimum Gasteiger partial charge on any atom is -0.476 e. The van der Waals surface area contributed by atoms with Crippen molar-refractivity contribution >= 4 is 47.0 Å². The van der Waals surface area contributed by atoms with Gasteiger partial charge >= 0.3 is 11.9 Å². The summed E-state index contributed by atoms with van der Waals surface area (Å²) in [6.45, 7) is 4.02. The minimum absolute atomic E-state index is 0.147. The van der Waals surface area contributed by atoms with E-state index in [0.29, 0.717) is 11.5 Å². The molecule has 0 fully saturated rings. The maximum atomic E-state index is 10.5. The maximum absolute atomic E-state index is 10.5. The zero-order chi connectivity index (χ0) is 16.7. The molecule has 0 aromatic carbocycles. The van der Waals surface area contributed by atoms with Gasteiger partial charge in [-0.15, -0.1) is 0 Å². The Kier molecular flexibility index (Phi) is 16.3. The molecule has 0 bridgehead atoms. The molecule has 2 N–H and O–H groups in total. The lowest BCUT2D eigenvalue weighted by Gasteiger charge is -1.95. The summed E-state index contributed by atoms with van der Waals surface area (Å²) in [5.41, 5.74) is 0. The van der Waals surface area contributed by atoms with Gasteiger partial charge in [0.1, 0.15) is 0 Å². The molecular weight excluding hydrogens is 316 g/mol. The SMILES string of the molecule is CCCSCCC(=O)C(=O)O.CCSCCC(=O)C(=O)O. The van der Waals surface area contributed by atoms with E-state index in [1.807, 2.05) is 13.8 Å². The second-order valence-electron chi connectivity index (χ2n) is 3.77. The van der Waals surface area contributed by atoms with Crippen LogP contribution in [0.3, 0.4) is 0 Å². The van der Waals surface area contributed by atoms with Gasteiger partial charge in [0, 0.05) is 24.3 Å².